The highest BCUT2D eigenvalue weighted by molar-refractivity contribution is 5.29. The second kappa shape index (κ2) is 7.50. The molecular formula is C20H32O3. The predicted octanol–water partition coefficient (Wildman–Crippen LogP) is 4.07. The van der Waals surface area contributed by atoms with Gasteiger partial charge in [-0.25, -0.2) is 0 Å². The lowest BCUT2D eigenvalue weighted by atomic mass is 9.66. The molecule has 1 N–H and O–H groups in total. The maximum atomic E-state index is 10.0. The molecule has 0 unspecified atom stereocenters. The maximum Gasteiger partial charge on any atom is 0.160 e. The summed E-state index contributed by atoms with van der Waals surface area (Å²) >= 11 is 0. The molecule has 3 nitrogen and oxygen atoms in total. The van der Waals surface area contributed by atoms with Crippen molar-refractivity contribution in [3.63, 3.8) is 0 Å². The van der Waals surface area contributed by atoms with E-state index in [1.807, 2.05) is 0 Å². The Balaban J connectivity index is 1.61. The number of ether oxygens (including phenoxy) is 2. The normalized spacial score (nSPS) is 43.8. The van der Waals surface area contributed by atoms with Gasteiger partial charge in [0.25, 0.3) is 0 Å². The second-order valence-corrected chi connectivity index (χ2v) is 7.84. The van der Waals surface area contributed by atoms with Crippen molar-refractivity contribution >= 4 is 0 Å². The van der Waals surface area contributed by atoms with E-state index in [4.69, 9.17) is 9.47 Å². The van der Waals surface area contributed by atoms with Crippen LogP contribution >= 0.6 is 0 Å². The third kappa shape index (κ3) is 4.07. The molecule has 0 aromatic heterocycles. The minimum Gasteiger partial charge on any atom is -0.393 e. The van der Waals surface area contributed by atoms with Crippen LogP contribution < -0.4 is 0 Å². The Labute approximate surface area is 140 Å². The van der Waals surface area contributed by atoms with Gasteiger partial charge in [0.2, 0.25) is 0 Å². The Morgan fingerprint density at radius 1 is 1.22 bits per heavy atom. The van der Waals surface area contributed by atoms with Crippen LogP contribution in [0, 0.1) is 23.7 Å². The molecule has 130 valence electrons. The highest BCUT2D eigenvalue weighted by Gasteiger charge is 2.35. The molecule has 1 saturated heterocycles. The molecule has 0 radical (unpaired) electrons. The van der Waals surface area contributed by atoms with Crippen molar-refractivity contribution in [1.29, 1.82) is 0 Å². The Hall–Kier alpha value is -0.640. The van der Waals surface area contributed by atoms with Gasteiger partial charge in [-0.3, -0.25) is 0 Å². The fourth-order valence-corrected chi connectivity index (χ4v) is 4.68. The Morgan fingerprint density at radius 2 is 2.04 bits per heavy atom. The van der Waals surface area contributed by atoms with Crippen molar-refractivity contribution < 1.29 is 14.6 Å². The summed E-state index contributed by atoms with van der Waals surface area (Å²) in [6, 6.07) is 0. The molecule has 1 heterocycles. The summed E-state index contributed by atoms with van der Waals surface area (Å²) in [5.41, 5.74) is 1.56. The van der Waals surface area contributed by atoms with Crippen LogP contribution in [-0.4, -0.2) is 30.7 Å². The molecular weight excluding hydrogens is 288 g/mol. The average Bonchev–Trinajstić information content (AvgIpc) is 2.53. The molecule has 23 heavy (non-hydrogen) atoms. The maximum absolute atomic E-state index is 10.0. The van der Waals surface area contributed by atoms with E-state index in [1.165, 1.54) is 19.3 Å². The minimum absolute atomic E-state index is 0.136. The van der Waals surface area contributed by atoms with Gasteiger partial charge in [0.15, 0.2) is 6.29 Å². The van der Waals surface area contributed by atoms with Gasteiger partial charge in [-0.15, -0.1) is 0 Å². The van der Waals surface area contributed by atoms with Crippen LogP contribution in [-0.2, 0) is 9.47 Å². The molecule has 0 aromatic carbocycles. The molecule has 1 fully saturated rings. The molecule has 3 aliphatic rings. The molecule has 0 spiro atoms. The lowest BCUT2D eigenvalue weighted by Crippen LogP contribution is -2.37. The number of aliphatic hydroxyl groups is 1. The van der Waals surface area contributed by atoms with Crippen molar-refractivity contribution in [2.24, 2.45) is 23.7 Å². The minimum atomic E-state index is -0.284. The summed E-state index contributed by atoms with van der Waals surface area (Å²) in [6.45, 7) is 4.68. The number of fused-ring (bicyclic) bond motifs is 1. The summed E-state index contributed by atoms with van der Waals surface area (Å²) < 4.78 is 11.3. The zero-order chi connectivity index (χ0) is 16.4. The first-order chi connectivity index (χ1) is 11.1. The second-order valence-electron chi connectivity index (χ2n) is 7.84. The molecule has 0 bridgehead atoms. The van der Waals surface area contributed by atoms with E-state index in [-0.39, 0.29) is 18.5 Å². The fourth-order valence-electron chi connectivity index (χ4n) is 4.68. The van der Waals surface area contributed by atoms with E-state index in [9.17, 15) is 5.11 Å². The van der Waals surface area contributed by atoms with Gasteiger partial charge < -0.3 is 14.6 Å². The van der Waals surface area contributed by atoms with Crippen LogP contribution in [0.5, 0.6) is 0 Å². The molecule has 3 heteroatoms. The van der Waals surface area contributed by atoms with Gasteiger partial charge >= 0.3 is 0 Å². The number of allylic oxidation sites excluding steroid dienone is 4. The summed E-state index contributed by atoms with van der Waals surface area (Å²) in [4.78, 5) is 0. The highest BCUT2D eigenvalue weighted by Crippen LogP contribution is 2.43. The summed E-state index contributed by atoms with van der Waals surface area (Å²) in [5, 5.41) is 10.0. The molecule has 7 atom stereocenters. The van der Waals surface area contributed by atoms with E-state index < -0.39 is 0 Å². The highest BCUT2D eigenvalue weighted by atomic mass is 16.7. The number of rotatable bonds is 4. The monoisotopic (exact) mass is 320 g/mol. The van der Waals surface area contributed by atoms with E-state index in [0.29, 0.717) is 18.3 Å². The zero-order valence-corrected chi connectivity index (χ0v) is 14.8. The smallest absolute Gasteiger partial charge is 0.160 e. The lowest BCUT2D eigenvalue weighted by Gasteiger charge is -2.40. The van der Waals surface area contributed by atoms with Crippen LogP contribution in [0.15, 0.2) is 23.8 Å². The molecule has 3 rings (SSSR count). The van der Waals surface area contributed by atoms with E-state index in [1.54, 1.807) is 12.7 Å². The quantitative estimate of drug-likeness (QED) is 0.848. The van der Waals surface area contributed by atoms with Gasteiger partial charge in [-0.05, 0) is 61.3 Å². The fraction of sp³-hybridized carbons (Fsp3) is 0.800. The number of hydrogen-bond donors (Lipinski definition) is 1. The van der Waals surface area contributed by atoms with E-state index in [0.717, 1.165) is 24.7 Å². The van der Waals surface area contributed by atoms with Crippen LogP contribution in [0.2, 0.25) is 0 Å². The summed E-state index contributed by atoms with van der Waals surface area (Å²) in [7, 11) is 1.66. The first-order valence-corrected chi connectivity index (χ1v) is 9.33. The SMILES string of the molecule is CO[C@H]1C[C@@H](O)C[C@H](CC[C@H]2[C@@H](C)C=CC3=C[C@H](C)CC[C@@H]32)O1. The lowest BCUT2D eigenvalue weighted by molar-refractivity contribution is -0.205. The third-order valence-corrected chi connectivity index (χ3v) is 6.05. The van der Waals surface area contributed by atoms with Gasteiger partial charge in [-0.2, -0.15) is 0 Å². The van der Waals surface area contributed by atoms with E-state index >= 15 is 0 Å². The summed E-state index contributed by atoms with van der Waals surface area (Å²) in [6.07, 6.45) is 13.0. The Kier molecular flexibility index (Phi) is 5.61. The Bertz CT molecular complexity index is 456. The molecule has 0 aromatic rings. The van der Waals surface area contributed by atoms with Crippen LogP contribution in [0.1, 0.15) is 52.4 Å². The molecule has 0 saturated carbocycles. The molecule has 0 amide bonds. The van der Waals surface area contributed by atoms with Crippen molar-refractivity contribution in [3.8, 4) is 0 Å². The van der Waals surface area contributed by atoms with Crippen molar-refractivity contribution in [2.75, 3.05) is 7.11 Å². The van der Waals surface area contributed by atoms with Crippen LogP contribution in [0.4, 0.5) is 0 Å². The predicted molar refractivity (Wildman–Crippen MR) is 91.9 cm³/mol. The Morgan fingerprint density at radius 3 is 2.83 bits per heavy atom. The van der Waals surface area contributed by atoms with Gasteiger partial charge in [0, 0.05) is 13.5 Å². The van der Waals surface area contributed by atoms with Gasteiger partial charge in [-0.1, -0.05) is 32.1 Å². The number of methoxy groups -OCH3 is 1. The zero-order valence-electron chi connectivity index (χ0n) is 14.8. The first kappa shape index (κ1) is 17.2. The van der Waals surface area contributed by atoms with Gasteiger partial charge in [0.05, 0.1) is 12.2 Å². The van der Waals surface area contributed by atoms with Crippen molar-refractivity contribution in [2.45, 2.75) is 70.9 Å². The van der Waals surface area contributed by atoms with Crippen LogP contribution in [0.25, 0.3) is 0 Å². The third-order valence-electron chi connectivity index (χ3n) is 6.05. The van der Waals surface area contributed by atoms with Crippen LogP contribution in [0.3, 0.4) is 0 Å². The number of hydrogen-bond acceptors (Lipinski definition) is 3. The van der Waals surface area contributed by atoms with Crippen molar-refractivity contribution in [1.82, 2.24) is 0 Å². The number of aliphatic hydroxyl groups excluding tert-OH is 1. The van der Waals surface area contributed by atoms with Gasteiger partial charge in [0.1, 0.15) is 0 Å². The largest absolute Gasteiger partial charge is 0.393 e. The first-order valence-electron chi connectivity index (χ1n) is 9.33. The summed E-state index contributed by atoms with van der Waals surface area (Å²) in [5.74, 6) is 2.79. The topological polar surface area (TPSA) is 38.7 Å². The van der Waals surface area contributed by atoms with E-state index in [2.05, 4.69) is 32.1 Å². The van der Waals surface area contributed by atoms with Crippen molar-refractivity contribution in [3.05, 3.63) is 23.8 Å². The standard InChI is InChI=1S/C20H32O3/c1-13-4-8-19-15(10-13)6-5-14(2)18(19)9-7-17-11-16(21)12-20(22-3)23-17/h5-6,10,13-14,16-21H,4,7-9,11-12H2,1-3H3/t13-,14+,16+,17+,18+,19+,20-/m1/s1. The molecule has 2 aliphatic carbocycles. The molecule has 1 aliphatic heterocycles. The average molecular weight is 320 g/mol.